The van der Waals surface area contributed by atoms with Crippen LogP contribution in [0.5, 0.6) is 5.75 Å². The normalized spacial score (nSPS) is 14.5. The molecule has 1 saturated carbocycles. The van der Waals surface area contributed by atoms with Gasteiger partial charge in [0, 0.05) is 18.2 Å². The molecule has 9 heteroatoms. The zero-order valence-electron chi connectivity index (χ0n) is 13.9. The third-order valence-corrected chi connectivity index (χ3v) is 5.19. The first kappa shape index (κ1) is 18.2. The van der Waals surface area contributed by atoms with Crippen LogP contribution in [0.4, 0.5) is 11.4 Å². The lowest BCUT2D eigenvalue weighted by molar-refractivity contribution is -0.384. The lowest BCUT2D eigenvalue weighted by Crippen LogP contribution is -2.25. The molecular formula is C17H19N3O5S. The van der Waals surface area contributed by atoms with Crippen LogP contribution >= 0.6 is 0 Å². The van der Waals surface area contributed by atoms with E-state index in [4.69, 9.17) is 9.88 Å². The number of nitrogens with two attached hydrogens (primary N) is 1. The van der Waals surface area contributed by atoms with E-state index in [2.05, 4.69) is 5.32 Å². The van der Waals surface area contributed by atoms with E-state index in [1.807, 2.05) is 24.3 Å². The molecule has 2 aromatic rings. The summed E-state index contributed by atoms with van der Waals surface area (Å²) < 4.78 is 28.7. The zero-order valence-corrected chi connectivity index (χ0v) is 14.7. The van der Waals surface area contributed by atoms with Gasteiger partial charge in [-0.05, 0) is 37.5 Å². The molecule has 0 aromatic heterocycles. The maximum absolute atomic E-state index is 11.4. The predicted molar refractivity (Wildman–Crippen MR) is 96.5 cm³/mol. The first-order valence-electron chi connectivity index (χ1n) is 8.14. The molecule has 26 heavy (non-hydrogen) atoms. The number of hydrogen-bond donors (Lipinski definition) is 2. The molecule has 0 aliphatic heterocycles. The lowest BCUT2D eigenvalue weighted by Gasteiger charge is -2.27. The molecule has 0 heterocycles. The molecule has 8 nitrogen and oxygen atoms in total. The molecule has 1 aliphatic rings. The second kappa shape index (κ2) is 7.30. The van der Waals surface area contributed by atoms with Gasteiger partial charge in [-0.2, -0.15) is 0 Å². The smallest absolute Gasteiger partial charge is 0.293 e. The standard InChI is InChI=1S/C17H19N3O5S/c18-26(23,24)14-8-9-15(16(10-14)20(21)22)19-11-12-4-1-2-7-17(12)25-13-5-3-6-13/h1-2,4,7-10,13,19H,3,5-6,11H2,(H2,18,23,24). The van der Waals surface area contributed by atoms with Crippen molar-refractivity contribution >= 4 is 21.4 Å². The Labute approximate surface area is 151 Å². The highest BCUT2D eigenvalue weighted by atomic mass is 32.2. The fourth-order valence-electron chi connectivity index (χ4n) is 2.61. The fourth-order valence-corrected chi connectivity index (χ4v) is 3.15. The molecule has 3 rings (SSSR count). The van der Waals surface area contributed by atoms with Gasteiger partial charge in [-0.1, -0.05) is 18.2 Å². The Balaban J connectivity index is 1.80. The average molecular weight is 377 g/mol. The summed E-state index contributed by atoms with van der Waals surface area (Å²) in [5.74, 6) is 0.744. The van der Waals surface area contributed by atoms with Gasteiger partial charge >= 0.3 is 0 Å². The SMILES string of the molecule is NS(=O)(=O)c1ccc(NCc2ccccc2OC2CCC2)c([N+](=O)[O-])c1. The van der Waals surface area contributed by atoms with Crippen LogP contribution in [0.3, 0.4) is 0 Å². The second-order valence-corrected chi connectivity index (χ2v) is 7.67. The van der Waals surface area contributed by atoms with Crippen molar-refractivity contribution in [1.29, 1.82) is 0 Å². The number of nitrogens with zero attached hydrogens (tertiary/aromatic N) is 1. The zero-order chi connectivity index (χ0) is 18.7. The van der Waals surface area contributed by atoms with Gasteiger partial charge in [-0.3, -0.25) is 10.1 Å². The molecule has 0 unspecified atom stereocenters. The van der Waals surface area contributed by atoms with Crippen LogP contribution in [0.15, 0.2) is 47.4 Å². The number of benzene rings is 2. The van der Waals surface area contributed by atoms with E-state index in [1.165, 1.54) is 12.1 Å². The molecule has 1 aliphatic carbocycles. The van der Waals surface area contributed by atoms with E-state index in [0.29, 0.717) is 6.54 Å². The number of anilines is 1. The van der Waals surface area contributed by atoms with E-state index < -0.39 is 14.9 Å². The van der Waals surface area contributed by atoms with Gasteiger partial charge in [0.2, 0.25) is 10.0 Å². The van der Waals surface area contributed by atoms with Crippen LogP contribution in [0.1, 0.15) is 24.8 Å². The maximum atomic E-state index is 11.4. The van der Waals surface area contributed by atoms with Crippen molar-refractivity contribution in [2.75, 3.05) is 5.32 Å². The van der Waals surface area contributed by atoms with Gasteiger partial charge in [0.05, 0.1) is 15.9 Å². The van der Waals surface area contributed by atoms with Gasteiger partial charge in [0.25, 0.3) is 5.69 Å². The van der Waals surface area contributed by atoms with Crippen molar-refractivity contribution in [3.05, 3.63) is 58.1 Å². The fraction of sp³-hybridized carbons (Fsp3) is 0.294. The summed E-state index contributed by atoms with van der Waals surface area (Å²) in [6, 6.07) is 11.0. The number of hydrogen-bond acceptors (Lipinski definition) is 6. The Morgan fingerprint density at radius 2 is 1.96 bits per heavy atom. The van der Waals surface area contributed by atoms with E-state index in [0.717, 1.165) is 36.6 Å². The Bertz CT molecular complexity index is 926. The summed E-state index contributed by atoms with van der Waals surface area (Å²) in [7, 11) is -4.01. The number of rotatable bonds is 7. The monoisotopic (exact) mass is 377 g/mol. The molecule has 0 spiro atoms. The summed E-state index contributed by atoms with van der Waals surface area (Å²) >= 11 is 0. The summed E-state index contributed by atoms with van der Waals surface area (Å²) in [5.41, 5.74) is 0.721. The van der Waals surface area contributed by atoms with Gasteiger partial charge in [0.15, 0.2) is 0 Å². The number of ether oxygens (including phenoxy) is 1. The molecule has 0 radical (unpaired) electrons. The summed E-state index contributed by atoms with van der Waals surface area (Å²) in [6.45, 7) is 0.304. The molecule has 0 bridgehead atoms. The number of para-hydroxylation sites is 1. The van der Waals surface area contributed by atoms with Crippen molar-refractivity contribution in [2.24, 2.45) is 5.14 Å². The minimum atomic E-state index is -4.01. The molecule has 2 aromatic carbocycles. The molecule has 138 valence electrons. The van der Waals surface area contributed by atoms with Crippen LogP contribution in [-0.2, 0) is 16.6 Å². The molecule has 0 amide bonds. The average Bonchev–Trinajstić information content (AvgIpc) is 2.56. The Hall–Kier alpha value is -2.65. The van der Waals surface area contributed by atoms with Crippen LogP contribution in [0.2, 0.25) is 0 Å². The van der Waals surface area contributed by atoms with Gasteiger partial charge < -0.3 is 10.1 Å². The number of nitro groups is 1. The molecule has 3 N–H and O–H groups in total. The Morgan fingerprint density at radius 1 is 1.23 bits per heavy atom. The van der Waals surface area contributed by atoms with Crippen LogP contribution in [0.25, 0.3) is 0 Å². The van der Waals surface area contributed by atoms with Crippen molar-refractivity contribution in [2.45, 2.75) is 36.8 Å². The highest BCUT2D eigenvalue weighted by Crippen LogP contribution is 2.30. The van der Waals surface area contributed by atoms with Gasteiger partial charge in [0.1, 0.15) is 11.4 Å². The molecule has 0 saturated heterocycles. The molecular weight excluding hydrogens is 358 g/mol. The van der Waals surface area contributed by atoms with E-state index in [9.17, 15) is 18.5 Å². The number of primary sulfonamides is 1. The molecule has 0 atom stereocenters. The predicted octanol–water partition coefficient (Wildman–Crippen LogP) is 2.79. The largest absolute Gasteiger partial charge is 0.490 e. The van der Waals surface area contributed by atoms with Crippen molar-refractivity contribution in [3.63, 3.8) is 0 Å². The van der Waals surface area contributed by atoms with Gasteiger partial charge in [-0.25, -0.2) is 13.6 Å². The lowest BCUT2D eigenvalue weighted by atomic mass is 9.96. The van der Waals surface area contributed by atoms with Crippen molar-refractivity contribution < 1.29 is 18.1 Å². The number of nitro benzene ring substituents is 1. The highest BCUT2D eigenvalue weighted by Gasteiger charge is 2.21. The Kier molecular flexibility index (Phi) is 5.10. The minimum absolute atomic E-state index is 0.209. The van der Waals surface area contributed by atoms with E-state index in [1.54, 1.807) is 0 Å². The van der Waals surface area contributed by atoms with Crippen LogP contribution in [-0.4, -0.2) is 19.4 Å². The topological polar surface area (TPSA) is 125 Å². The third kappa shape index (κ3) is 4.12. The first-order valence-corrected chi connectivity index (χ1v) is 9.69. The van der Waals surface area contributed by atoms with E-state index >= 15 is 0 Å². The Morgan fingerprint density at radius 3 is 2.58 bits per heavy atom. The summed E-state index contributed by atoms with van der Waals surface area (Å²) in [6.07, 6.45) is 3.44. The molecule has 1 fully saturated rings. The quantitative estimate of drug-likeness (QED) is 0.565. The first-order chi connectivity index (χ1) is 12.3. The summed E-state index contributed by atoms with van der Waals surface area (Å²) in [5, 5.41) is 19.3. The van der Waals surface area contributed by atoms with Crippen LogP contribution < -0.4 is 15.2 Å². The van der Waals surface area contributed by atoms with Gasteiger partial charge in [-0.15, -0.1) is 0 Å². The van der Waals surface area contributed by atoms with Crippen LogP contribution in [0, 0.1) is 10.1 Å². The third-order valence-electron chi connectivity index (χ3n) is 4.28. The number of nitrogens with one attached hydrogen (secondary N) is 1. The maximum Gasteiger partial charge on any atom is 0.293 e. The number of sulfonamides is 1. The van der Waals surface area contributed by atoms with Crippen molar-refractivity contribution in [1.82, 2.24) is 0 Å². The van der Waals surface area contributed by atoms with E-state index in [-0.39, 0.29) is 22.4 Å². The summed E-state index contributed by atoms with van der Waals surface area (Å²) in [4.78, 5) is 10.3. The van der Waals surface area contributed by atoms with Crippen molar-refractivity contribution in [3.8, 4) is 5.75 Å². The minimum Gasteiger partial charge on any atom is -0.490 e. The highest BCUT2D eigenvalue weighted by molar-refractivity contribution is 7.89. The second-order valence-electron chi connectivity index (χ2n) is 6.11.